The molecule has 3 rings (SSSR count). The first-order valence-electron chi connectivity index (χ1n) is 7.89. The van der Waals surface area contributed by atoms with Gasteiger partial charge in [-0.25, -0.2) is 9.67 Å². The van der Waals surface area contributed by atoms with Crippen molar-refractivity contribution in [2.45, 2.75) is 20.4 Å². The van der Waals surface area contributed by atoms with Crippen molar-refractivity contribution in [2.24, 2.45) is 0 Å². The minimum absolute atomic E-state index is 0.423. The summed E-state index contributed by atoms with van der Waals surface area (Å²) in [6.07, 6.45) is 1.63. The molecule has 2 aromatic carbocycles. The van der Waals surface area contributed by atoms with Gasteiger partial charge in [0.2, 0.25) is 5.95 Å². The first-order chi connectivity index (χ1) is 12.4. The van der Waals surface area contributed by atoms with Crippen LogP contribution in [-0.4, -0.2) is 19.9 Å². The molecule has 1 heterocycles. The van der Waals surface area contributed by atoms with E-state index in [1.807, 2.05) is 30.3 Å². The molecule has 3 aromatic rings. The van der Waals surface area contributed by atoms with Crippen molar-refractivity contribution in [3.8, 4) is 0 Å². The summed E-state index contributed by atoms with van der Waals surface area (Å²) in [7, 11) is 0. The van der Waals surface area contributed by atoms with E-state index in [2.05, 4.69) is 34.6 Å². The van der Waals surface area contributed by atoms with Gasteiger partial charge in [0.25, 0.3) is 0 Å². The fraction of sp³-hybridized carbons (Fsp3) is 0.167. The summed E-state index contributed by atoms with van der Waals surface area (Å²) in [4.78, 5) is 4.22. The summed E-state index contributed by atoms with van der Waals surface area (Å²) in [5, 5.41) is 11.9. The smallest absolute Gasteiger partial charge is 0.248 e. The minimum Gasteiger partial charge on any atom is -0.332 e. The minimum atomic E-state index is 0.423. The topological polar surface area (TPSA) is 54.8 Å². The van der Waals surface area contributed by atoms with E-state index in [4.69, 9.17) is 35.4 Å². The second kappa shape index (κ2) is 8.03. The number of aryl methyl sites for hydroxylation is 2. The molecule has 0 unspecified atom stereocenters. The lowest BCUT2D eigenvalue weighted by molar-refractivity contribution is 0.687. The predicted octanol–water partition coefficient (Wildman–Crippen LogP) is 5.06. The van der Waals surface area contributed by atoms with Crippen LogP contribution in [0.2, 0.25) is 10.0 Å². The Morgan fingerprint density at radius 1 is 1.04 bits per heavy atom. The van der Waals surface area contributed by atoms with Crippen LogP contribution in [-0.2, 0) is 6.54 Å². The highest BCUT2D eigenvalue weighted by Gasteiger charge is 2.06. The normalized spacial score (nSPS) is 10.6. The first kappa shape index (κ1) is 18.6. The lowest BCUT2D eigenvalue weighted by Crippen LogP contribution is -2.20. The molecule has 0 saturated carbocycles. The van der Waals surface area contributed by atoms with E-state index in [-0.39, 0.29) is 0 Å². The van der Waals surface area contributed by atoms with Crippen molar-refractivity contribution >= 4 is 52.2 Å². The molecule has 8 heteroatoms. The highest BCUT2D eigenvalue weighted by Crippen LogP contribution is 2.23. The number of hydrogen-bond acceptors (Lipinski definition) is 3. The van der Waals surface area contributed by atoms with Crippen molar-refractivity contribution in [1.29, 1.82) is 0 Å². The third kappa shape index (κ3) is 4.72. The van der Waals surface area contributed by atoms with E-state index in [1.165, 1.54) is 11.1 Å². The highest BCUT2D eigenvalue weighted by atomic mass is 35.5. The van der Waals surface area contributed by atoms with Gasteiger partial charge in [-0.15, -0.1) is 5.10 Å². The van der Waals surface area contributed by atoms with E-state index >= 15 is 0 Å². The molecule has 0 saturated heterocycles. The van der Waals surface area contributed by atoms with Gasteiger partial charge >= 0.3 is 0 Å². The highest BCUT2D eigenvalue weighted by molar-refractivity contribution is 7.80. The van der Waals surface area contributed by atoms with Crippen molar-refractivity contribution in [2.75, 3.05) is 10.6 Å². The monoisotopic (exact) mass is 405 g/mol. The zero-order valence-electron chi connectivity index (χ0n) is 14.3. The number of aromatic nitrogens is 3. The molecule has 0 radical (unpaired) electrons. The number of nitrogens with zero attached hydrogens (tertiary/aromatic N) is 3. The Kier molecular flexibility index (Phi) is 5.76. The van der Waals surface area contributed by atoms with Gasteiger partial charge in [-0.05, 0) is 67.0 Å². The molecule has 0 aliphatic carbocycles. The average molecular weight is 406 g/mol. The van der Waals surface area contributed by atoms with Crippen LogP contribution >= 0.6 is 35.4 Å². The number of thiocarbonyl (C=S) groups is 1. The first-order valence-corrected chi connectivity index (χ1v) is 9.06. The lowest BCUT2D eigenvalue weighted by Gasteiger charge is -2.09. The fourth-order valence-electron chi connectivity index (χ4n) is 2.34. The molecule has 0 fully saturated rings. The van der Waals surface area contributed by atoms with Crippen LogP contribution in [0.5, 0.6) is 0 Å². The molecule has 0 bridgehead atoms. The molecule has 26 heavy (non-hydrogen) atoms. The quantitative estimate of drug-likeness (QED) is 0.594. The summed E-state index contributed by atoms with van der Waals surface area (Å²) in [6, 6.07) is 11.5. The number of halogens is 2. The molecule has 2 N–H and O–H groups in total. The third-order valence-corrected chi connectivity index (χ3v) is 4.80. The van der Waals surface area contributed by atoms with Crippen LogP contribution in [0.15, 0.2) is 42.7 Å². The van der Waals surface area contributed by atoms with E-state index in [1.54, 1.807) is 17.1 Å². The zero-order valence-corrected chi connectivity index (χ0v) is 16.6. The Bertz CT molecular complexity index is 955. The molecule has 0 atom stereocenters. The van der Waals surface area contributed by atoms with Crippen LogP contribution in [0, 0.1) is 13.8 Å². The molecule has 5 nitrogen and oxygen atoms in total. The van der Waals surface area contributed by atoms with Crippen LogP contribution in [0.1, 0.15) is 16.7 Å². The fourth-order valence-corrected chi connectivity index (χ4v) is 2.87. The molecule has 0 amide bonds. The van der Waals surface area contributed by atoms with Gasteiger partial charge in [-0.3, -0.25) is 5.32 Å². The van der Waals surface area contributed by atoms with Gasteiger partial charge in [0.15, 0.2) is 5.11 Å². The summed E-state index contributed by atoms with van der Waals surface area (Å²) in [6.45, 7) is 4.66. The average Bonchev–Trinajstić information content (AvgIpc) is 3.01. The van der Waals surface area contributed by atoms with Gasteiger partial charge < -0.3 is 5.32 Å². The van der Waals surface area contributed by atoms with Crippen molar-refractivity contribution < 1.29 is 0 Å². The van der Waals surface area contributed by atoms with E-state index in [0.29, 0.717) is 27.7 Å². The second-order valence-electron chi connectivity index (χ2n) is 5.89. The van der Waals surface area contributed by atoms with Gasteiger partial charge in [-0.1, -0.05) is 35.3 Å². The van der Waals surface area contributed by atoms with Crippen LogP contribution in [0.3, 0.4) is 0 Å². The molecular formula is C18H17Cl2N5S. The van der Waals surface area contributed by atoms with Gasteiger partial charge in [0.05, 0.1) is 16.6 Å². The maximum Gasteiger partial charge on any atom is 0.248 e. The van der Waals surface area contributed by atoms with Gasteiger partial charge in [0.1, 0.15) is 6.33 Å². The summed E-state index contributed by atoms with van der Waals surface area (Å²) in [5.41, 5.74) is 4.33. The number of hydrogen-bond donors (Lipinski definition) is 2. The van der Waals surface area contributed by atoms with E-state index in [9.17, 15) is 0 Å². The molecule has 0 spiro atoms. The van der Waals surface area contributed by atoms with Crippen molar-refractivity contribution in [3.05, 3.63) is 69.5 Å². The largest absolute Gasteiger partial charge is 0.332 e. The Balaban J connectivity index is 1.61. The Morgan fingerprint density at radius 3 is 2.58 bits per heavy atom. The SMILES string of the molecule is Cc1ccc(NC(=S)Nc2ncn(Cc3ccc(Cl)c(Cl)c3)n2)cc1C. The van der Waals surface area contributed by atoms with Crippen LogP contribution < -0.4 is 10.6 Å². The molecule has 1 aromatic heterocycles. The van der Waals surface area contributed by atoms with Crippen molar-refractivity contribution in [3.63, 3.8) is 0 Å². The zero-order chi connectivity index (χ0) is 18.7. The van der Waals surface area contributed by atoms with Crippen molar-refractivity contribution in [1.82, 2.24) is 14.8 Å². The van der Waals surface area contributed by atoms with E-state index in [0.717, 1.165) is 11.3 Å². The number of rotatable bonds is 4. The molecular weight excluding hydrogens is 389 g/mol. The summed E-state index contributed by atoms with van der Waals surface area (Å²) >= 11 is 17.3. The lowest BCUT2D eigenvalue weighted by atomic mass is 10.1. The van der Waals surface area contributed by atoms with Gasteiger partial charge in [-0.2, -0.15) is 0 Å². The maximum absolute atomic E-state index is 6.04. The van der Waals surface area contributed by atoms with Crippen LogP contribution in [0.25, 0.3) is 0 Å². The Morgan fingerprint density at radius 2 is 1.85 bits per heavy atom. The van der Waals surface area contributed by atoms with Crippen LogP contribution in [0.4, 0.5) is 11.6 Å². The number of benzene rings is 2. The van der Waals surface area contributed by atoms with E-state index < -0.39 is 0 Å². The summed E-state index contributed by atoms with van der Waals surface area (Å²) < 4.78 is 1.69. The molecule has 134 valence electrons. The molecule has 0 aliphatic heterocycles. The Labute approximate surface area is 167 Å². The second-order valence-corrected chi connectivity index (χ2v) is 7.12. The van der Waals surface area contributed by atoms with Gasteiger partial charge in [0, 0.05) is 5.69 Å². The standard InChI is InChI=1S/C18H17Cl2N5S/c1-11-3-5-14(7-12(11)2)22-18(26)23-17-21-10-25(24-17)9-13-4-6-15(19)16(20)8-13/h3-8,10H,9H2,1-2H3,(H2,22,23,24,26). The third-order valence-electron chi connectivity index (χ3n) is 3.86. The Hall–Kier alpha value is -2.15. The number of anilines is 2. The summed E-state index contributed by atoms with van der Waals surface area (Å²) in [5.74, 6) is 0.423. The maximum atomic E-state index is 6.04. The number of nitrogens with one attached hydrogen (secondary N) is 2. The molecule has 0 aliphatic rings. The predicted molar refractivity (Wildman–Crippen MR) is 111 cm³/mol.